The molecule has 2 atom stereocenters. The van der Waals surface area contributed by atoms with Crippen LogP contribution in [0.3, 0.4) is 0 Å². The Morgan fingerprint density at radius 1 is 1.07 bits per heavy atom. The molecule has 4 rings (SSSR count). The van der Waals surface area contributed by atoms with Crippen molar-refractivity contribution in [3.05, 3.63) is 71.0 Å². The molecule has 27 heavy (non-hydrogen) atoms. The van der Waals surface area contributed by atoms with E-state index < -0.39 is 28.9 Å². The number of rotatable bonds is 3. The first-order chi connectivity index (χ1) is 12.7. The van der Waals surface area contributed by atoms with Crippen LogP contribution in [0.15, 0.2) is 48.5 Å². The summed E-state index contributed by atoms with van der Waals surface area (Å²) in [6.45, 7) is 0.141. The Bertz CT molecular complexity index is 925. The van der Waals surface area contributed by atoms with Gasteiger partial charge < -0.3 is 0 Å². The van der Waals surface area contributed by atoms with Gasteiger partial charge in [0, 0.05) is 12.3 Å². The molecule has 1 saturated carbocycles. The Balaban J connectivity index is 1.57. The van der Waals surface area contributed by atoms with Crippen molar-refractivity contribution in [1.82, 2.24) is 4.90 Å². The van der Waals surface area contributed by atoms with Crippen molar-refractivity contribution in [3.63, 3.8) is 0 Å². The van der Waals surface area contributed by atoms with Crippen molar-refractivity contribution >= 4 is 11.8 Å². The number of halogens is 4. The summed E-state index contributed by atoms with van der Waals surface area (Å²) in [5.41, 5.74) is -1.23. The van der Waals surface area contributed by atoms with Gasteiger partial charge in [-0.15, -0.1) is 0 Å². The second-order valence-corrected chi connectivity index (χ2v) is 7.09. The quantitative estimate of drug-likeness (QED) is 0.592. The highest BCUT2D eigenvalue weighted by molar-refractivity contribution is 6.08. The first kappa shape index (κ1) is 17.7. The van der Waals surface area contributed by atoms with Crippen LogP contribution in [0.25, 0.3) is 0 Å². The van der Waals surface area contributed by atoms with E-state index in [4.69, 9.17) is 0 Å². The predicted molar refractivity (Wildman–Crippen MR) is 87.8 cm³/mol. The highest BCUT2D eigenvalue weighted by atomic mass is 19.4. The van der Waals surface area contributed by atoms with E-state index in [2.05, 4.69) is 0 Å². The molecule has 2 aromatic rings. The van der Waals surface area contributed by atoms with Crippen LogP contribution in [0, 0.1) is 11.2 Å². The van der Waals surface area contributed by atoms with E-state index in [1.807, 2.05) is 6.07 Å². The minimum absolute atomic E-state index is 0.0379. The molecule has 0 N–H and O–H groups in total. The average molecular weight is 377 g/mol. The smallest absolute Gasteiger partial charge is 0.278 e. The van der Waals surface area contributed by atoms with Gasteiger partial charge in [0.1, 0.15) is 5.82 Å². The van der Waals surface area contributed by atoms with Crippen LogP contribution in [-0.2, 0) is 22.3 Å². The molecule has 0 bridgehead atoms. The predicted octanol–water partition coefficient (Wildman–Crippen LogP) is 4.28. The van der Waals surface area contributed by atoms with Crippen molar-refractivity contribution in [2.75, 3.05) is 0 Å². The zero-order chi connectivity index (χ0) is 19.4. The molecule has 1 spiro atoms. The van der Waals surface area contributed by atoms with Gasteiger partial charge in [0.05, 0.1) is 17.5 Å². The Labute approximate surface area is 152 Å². The highest BCUT2D eigenvalue weighted by Crippen LogP contribution is 2.65. The monoisotopic (exact) mass is 377 g/mol. The molecule has 0 radical (unpaired) electrons. The third-order valence-electron chi connectivity index (χ3n) is 5.40. The lowest BCUT2D eigenvalue weighted by Crippen LogP contribution is -2.30. The number of benzene rings is 2. The molecule has 2 amide bonds. The van der Waals surface area contributed by atoms with Gasteiger partial charge in [-0.05, 0) is 29.7 Å². The Morgan fingerprint density at radius 3 is 2.41 bits per heavy atom. The van der Waals surface area contributed by atoms with Gasteiger partial charge in [0.2, 0.25) is 11.8 Å². The van der Waals surface area contributed by atoms with Crippen LogP contribution in [0.4, 0.5) is 17.6 Å². The first-order valence-electron chi connectivity index (χ1n) is 8.48. The molecule has 1 aliphatic carbocycles. The Hall–Kier alpha value is -2.70. The van der Waals surface area contributed by atoms with Crippen LogP contribution in [0.1, 0.15) is 35.4 Å². The Kier molecular flexibility index (Phi) is 3.87. The van der Waals surface area contributed by atoms with Crippen molar-refractivity contribution in [3.8, 4) is 0 Å². The Morgan fingerprint density at radius 2 is 1.78 bits per heavy atom. The third kappa shape index (κ3) is 2.91. The van der Waals surface area contributed by atoms with Gasteiger partial charge in [-0.2, -0.15) is 13.2 Å². The topological polar surface area (TPSA) is 37.4 Å². The van der Waals surface area contributed by atoms with Crippen LogP contribution in [0.2, 0.25) is 0 Å². The second kappa shape index (κ2) is 5.90. The van der Waals surface area contributed by atoms with E-state index in [-0.39, 0.29) is 36.8 Å². The normalized spacial score (nSPS) is 24.7. The SMILES string of the molecule is O=C1C[C@]2(C[C@H]2c2ccc(C(F)(F)F)cc2F)C(=O)N1Cc1ccccc1. The van der Waals surface area contributed by atoms with Crippen LogP contribution in [0.5, 0.6) is 0 Å². The van der Waals surface area contributed by atoms with Gasteiger partial charge in [-0.25, -0.2) is 4.39 Å². The second-order valence-electron chi connectivity index (χ2n) is 7.09. The molecule has 2 aliphatic rings. The summed E-state index contributed by atoms with van der Waals surface area (Å²) in [4.78, 5) is 26.3. The highest BCUT2D eigenvalue weighted by Gasteiger charge is 2.67. The van der Waals surface area contributed by atoms with Gasteiger partial charge >= 0.3 is 6.18 Å². The number of hydrogen-bond donors (Lipinski definition) is 0. The summed E-state index contributed by atoms with van der Waals surface area (Å²) in [7, 11) is 0. The fourth-order valence-corrected chi connectivity index (χ4v) is 3.88. The number of hydrogen-bond acceptors (Lipinski definition) is 2. The summed E-state index contributed by atoms with van der Waals surface area (Å²) in [6, 6.07) is 11.4. The summed E-state index contributed by atoms with van der Waals surface area (Å²) in [5.74, 6) is -2.27. The summed E-state index contributed by atoms with van der Waals surface area (Å²) >= 11 is 0. The van der Waals surface area contributed by atoms with Crippen LogP contribution in [-0.4, -0.2) is 16.7 Å². The number of carbonyl (C=O) groups is 2. The fraction of sp³-hybridized carbons (Fsp3) is 0.300. The minimum Gasteiger partial charge on any atom is -0.278 e. The van der Waals surface area contributed by atoms with Crippen LogP contribution >= 0.6 is 0 Å². The van der Waals surface area contributed by atoms with Crippen molar-refractivity contribution < 1.29 is 27.2 Å². The van der Waals surface area contributed by atoms with E-state index in [0.717, 1.165) is 22.6 Å². The molecule has 140 valence electrons. The van der Waals surface area contributed by atoms with Gasteiger partial charge in [0.25, 0.3) is 0 Å². The molecular weight excluding hydrogens is 362 g/mol. The largest absolute Gasteiger partial charge is 0.416 e. The van der Waals surface area contributed by atoms with E-state index in [1.54, 1.807) is 24.3 Å². The van der Waals surface area contributed by atoms with Gasteiger partial charge in [-0.3, -0.25) is 14.5 Å². The molecule has 0 aromatic heterocycles. The van der Waals surface area contributed by atoms with E-state index in [9.17, 15) is 27.2 Å². The molecule has 2 aromatic carbocycles. The molecule has 1 saturated heterocycles. The van der Waals surface area contributed by atoms with Crippen LogP contribution < -0.4 is 0 Å². The number of carbonyl (C=O) groups excluding carboxylic acids is 2. The maximum absolute atomic E-state index is 14.3. The van der Waals surface area contributed by atoms with E-state index in [0.29, 0.717) is 6.07 Å². The first-order valence-corrected chi connectivity index (χ1v) is 8.48. The zero-order valence-electron chi connectivity index (χ0n) is 14.1. The maximum Gasteiger partial charge on any atom is 0.416 e. The lowest BCUT2D eigenvalue weighted by molar-refractivity contribution is -0.141. The number of alkyl halides is 3. The van der Waals surface area contributed by atoms with Crippen molar-refractivity contribution in [2.24, 2.45) is 5.41 Å². The number of amides is 2. The van der Waals surface area contributed by atoms with Gasteiger partial charge in [0.15, 0.2) is 0 Å². The molecule has 2 fully saturated rings. The summed E-state index contributed by atoms with van der Waals surface area (Å²) in [6.07, 6.45) is -4.40. The zero-order valence-corrected chi connectivity index (χ0v) is 14.1. The third-order valence-corrected chi connectivity index (χ3v) is 5.40. The number of imide groups is 1. The average Bonchev–Trinajstić information content (AvgIpc) is 3.28. The molecule has 0 unspecified atom stereocenters. The van der Waals surface area contributed by atoms with Crippen molar-refractivity contribution in [1.29, 1.82) is 0 Å². The van der Waals surface area contributed by atoms with E-state index in [1.165, 1.54) is 0 Å². The molecule has 3 nitrogen and oxygen atoms in total. The number of likely N-dealkylation sites (tertiary alicyclic amines) is 1. The molecule has 1 aliphatic heterocycles. The fourth-order valence-electron chi connectivity index (χ4n) is 3.88. The molecule has 7 heteroatoms. The lowest BCUT2D eigenvalue weighted by atomic mass is 9.96. The lowest BCUT2D eigenvalue weighted by Gasteiger charge is -2.15. The number of nitrogens with zero attached hydrogens (tertiary/aromatic N) is 1. The molecule has 1 heterocycles. The summed E-state index contributed by atoms with van der Waals surface area (Å²) < 4.78 is 52.4. The summed E-state index contributed by atoms with van der Waals surface area (Å²) in [5, 5.41) is 0. The standard InChI is InChI=1S/C20H15F4NO2/c21-16-8-13(20(22,23)24)6-7-14(16)15-9-19(15)10-17(26)25(18(19)27)11-12-4-2-1-3-5-12/h1-8,15H,9-11H2/t15-,19-/m0/s1. The minimum atomic E-state index is -4.63. The maximum atomic E-state index is 14.3. The van der Waals surface area contributed by atoms with E-state index >= 15 is 0 Å². The van der Waals surface area contributed by atoms with Crippen molar-refractivity contribution in [2.45, 2.75) is 31.5 Å². The molecular formula is C20H15F4NO2. The van der Waals surface area contributed by atoms with Gasteiger partial charge in [-0.1, -0.05) is 36.4 Å².